The van der Waals surface area contributed by atoms with Crippen LogP contribution in [0.25, 0.3) is 0 Å². The second-order valence-corrected chi connectivity index (χ2v) is 5.97. The van der Waals surface area contributed by atoms with Crippen LogP contribution in [-0.4, -0.2) is 37.2 Å². The molecule has 100 valence electrons. The van der Waals surface area contributed by atoms with Gasteiger partial charge in [-0.1, -0.05) is 26.2 Å². The van der Waals surface area contributed by atoms with Gasteiger partial charge in [0.15, 0.2) is 0 Å². The van der Waals surface area contributed by atoms with Crippen molar-refractivity contribution >= 4 is 0 Å². The van der Waals surface area contributed by atoms with Crippen molar-refractivity contribution in [3.05, 3.63) is 0 Å². The minimum Gasteiger partial charge on any atom is -0.378 e. The van der Waals surface area contributed by atoms with Gasteiger partial charge in [0, 0.05) is 18.1 Å². The number of hydrogen-bond donors (Lipinski definition) is 0. The average molecular weight is 239 g/mol. The highest BCUT2D eigenvalue weighted by atomic mass is 16.5. The lowest BCUT2D eigenvalue weighted by molar-refractivity contribution is -0.178. The summed E-state index contributed by atoms with van der Waals surface area (Å²) in [6, 6.07) is 0.791. The van der Waals surface area contributed by atoms with Gasteiger partial charge in [0.2, 0.25) is 0 Å². The molecule has 1 spiro atoms. The third-order valence-electron chi connectivity index (χ3n) is 5.00. The summed E-state index contributed by atoms with van der Waals surface area (Å²) < 4.78 is 6.00. The highest BCUT2D eigenvalue weighted by molar-refractivity contribution is 5.09. The fourth-order valence-corrected chi connectivity index (χ4v) is 4.15. The van der Waals surface area contributed by atoms with E-state index in [0.717, 1.165) is 12.6 Å². The first kappa shape index (κ1) is 13.4. The summed E-state index contributed by atoms with van der Waals surface area (Å²) in [6.07, 6.45) is 10.2. The summed E-state index contributed by atoms with van der Waals surface area (Å²) in [5.41, 5.74) is 0.512. The van der Waals surface area contributed by atoms with Gasteiger partial charge in [0.05, 0.1) is 6.10 Å². The predicted molar refractivity (Wildman–Crippen MR) is 72.3 cm³/mol. The molecule has 2 atom stereocenters. The van der Waals surface area contributed by atoms with Gasteiger partial charge in [0.1, 0.15) is 0 Å². The molecule has 0 saturated heterocycles. The summed E-state index contributed by atoms with van der Waals surface area (Å²) in [4.78, 5) is 2.60. The lowest BCUT2D eigenvalue weighted by atomic mass is 9.54. The minimum absolute atomic E-state index is 0.512. The lowest BCUT2D eigenvalue weighted by Crippen LogP contribution is -2.64. The summed E-state index contributed by atoms with van der Waals surface area (Å²) in [6.45, 7) is 6.55. The van der Waals surface area contributed by atoms with Crippen molar-refractivity contribution in [3.63, 3.8) is 0 Å². The normalized spacial score (nSPS) is 31.8. The predicted octanol–water partition coefficient (Wildman–Crippen LogP) is 3.46. The van der Waals surface area contributed by atoms with Gasteiger partial charge in [-0.05, 0) is 46.2 Å². The van der Waals surface area contributed by atoms with Crippen molar-refractivity contribution in [3.8, 4) is 0 Å². The Kier molecular flexibility index (Phi) is 4.48. The molecule has 0 aromatic heterocycles. The minimum atomic E-state index is 0.512. The van der Waals surface area contributed by atoms with Crippen molar-refractivity contribution in [1.82, 2.24) is 4.90 Å². The molecule has 2 nitrogen and oxygen atoms in total. The maximum Gasteiger partial charge on any atom is 0.0661 e. The molecule has 2 saturated carbocycles. The second-order valence-electron chi connectivity index (χ2n) is 5.97. The highest BCUT2D eigenvalue weighted by Crippen LogP contribution is 2.55. The summed E-state index contributed by atoms with van der Waals surface area (Å²) >= 11 is 0. The molecule has 2 aliphatic rings. The van der Waals surface area contributed by atoms with E-state index in [0.29, 0.717) is 11.5 Å². The second kappa shape index (κ2) is 5.71. The number of nitrogens with zero attached hydrogens (tertiary/aromatic N) is 1. The van der Waals surface area contributed by atoms with E-state index in [1.807, 2.05) is 0 Å². The Hall–Kier alpha value is -0.0800. The molecule has 0 aromatic carbocycles. The maximum atomic E-state index is 6.00. The molecular weight excluding hydrogens is 210 g/mol. The monoisotopic (exact) mass is 239 g/mol. The summed E-state index contributed by atoms with van der Waals surface area (Å²) in [5.74, 6) is 0. The largest absolute Gasteiger partial charge is 0.378 e. The summed E-state index contributed by atoms with van der Waals surface area (Å²) in [5, 5.41) is 0. The van der Waals surface area contributed by atoms with Crippen LogP contribution in [0.2, 0.25) is 0 Å². The van der Waals surface area contributed by atoms with Gasteiger partial charge >= 0.3 is 0 Å². The Morgan fingerprint density at radius 2 is 1.88 bits per heavy atom. The molecule has 0 heterocycles. The van der Waals surface area contributed by atoms with Crippen molar-refractivity contribution in [1.29, 1.82) is 0 Å². The van der Waals surface area contributed by atoms with Gasteiger partial charge in [-0.25, -0.2) is 0 Å². The van der Waals surface area contributed by atoms with E-state index in [4.69, 9.17) is 4.74 Å². The van der Waals surface area contributed by atoms with Crippen molar-refractivity contribution < 1.29 is 4.74 Å². The highest BCUT2D eigenvalue weighted by Gasteiger charge is 2.56. The smallest absolute Gasteiger partial charge is 0.0661 e. The Morgan fingerprint density at radius 1 is 1.18 bits per heavy atom. The SMILES string of the molecule is CCCN(C)[C@H]1C[C@H](OCC)C12CCCCC2. The average Bonchev–Trinajstić information content (AvgIpc) is 2.35. The maximum absolute atomic E-state index is 6.00. The number of ether oxygens (including phenoxy) is 1. The van der Waals surface area contributed by atoms with Crippen LogP contribution < -0.4 is 0 Å². The van der Waals surface area contributed by atoms with Crippen LogP contribution in [-0.2, 0) is 4.74 Å². The lowest BCUT2D eigenvalue weighted by Gasteiger charge is -2.60. The van der Waals surface area contributed by atoms with E-state index in [1.54, 1.807) is 0 Å². The molecule has 0 aromatic rings. The van der Waals surface area contributed by atoms with E-state index in [9.17, 15) is 0 Å². The van der Waals surface area contributed by atoms with E-state index in [-0.39, 0.29) is 0 Å². The van der Waals surface area contributed by atoms with Crippen LogP contribution in [0.1, 0.15) is 58.8 Å². The number of rotatable bonds is 5. The molecule has 0 unspecified atom stereocenters. The van der Waals surface area contributed by atoms with Gasteiger partial charge < -0.3 is 9.64 Å². The Morgan fingerprint density at radius 3 is 2.47 bits per heavy atom. The third-order valence-corrected chi connectivity index (χ3v) is 5.00. The van der Waals surface area contributed by atoms with Crippen LogP contribution in [0.3, 0.4) is 0 Å². The Balaban J connectivity index is 2.02. The molecule has 0 N–H and O–H groups in total. The standard InChI is InChI=1S/C15H29NO/c1-4-11-16(3)13-12-14(17-5-2)15(13)9-7-6-8-10-15/h13-14H,4-12H2,1-3H3/t13-,14-/m0/s1. The molecule has 0 amide bonds. The molecule has 2 rings (SSSR count). The summed E-state index contributed by atoms with van der Waals surface area (Å²) in [7, 11) is 2.31. The zero-order chi connectivity index (χ0) is 12.3. The van der Waals surface area contributed by atoms with E-state index in [2.05, 4.69) is 25.8 Å². The van der Waals surface area contributed by atoms with Gasteiger partial charge in [0.25, 0.3) is 0 Å². The molecule has 2 heteroatoms. The van der Waals surface area contributed by atoms with Crippen LogP contribution >= 0.6 is 0 Å². The fourth-order valence-electron chi connectivity index (χ4n) is 4.15. The first-order chi connectivity index (χ1) is 8.24. The third kappa shape index (κ3) is 2.39. The molecular formula is C15H29NO. The van der Waals surface area contributed by atoms with E-state index in [1.165, 1.54) is 51.5 Å². The first-order valence-corrected chi connectivity index (χ1v) is 7.56. The molecule has 0 aliphatic heterocycles. The molecule has 0 bridgehead atoms. The van der Waals surface area contributed by atoms with Crippen molar-refractivity contribution in [2.75, 3.05) is 20.2 Å². The number of hydrogen-bond acceptors (Lipinski definition) is 2. The quantitative estimate of drug-likeness (QED) is 0.728. The van der Waals surface area contributed by atoms with Gasteiger partial charge in [-0.3, -0.25) is 0 Å². The molecule has 2 fully saturated rings. The van der Waals surface area contributed by atoms with E-state index < -0.39 is 0 Å². The van der Waals surface area contributed by atoms with Gasteiger partial charge in [-0.15, -0.1) is 0 Å². The van der Waals surface area contributed by atoms with Crippen molar-refractivity contribution in [2.24, 2.45) is 5.41 Å². The molecule has 2 aliphatic carbocycles. The van der Waals surface area contributed by atoms with Crippen LogP contribution in [0.4, 0.5) is 0 Å². The fraction of sp³-hybridized carbons (Fsp3) is 1.00. The van der Waals surface area contributed by atoms with Crippen LogP contribution in [0.15, 0.2) is 0 Å². The van der Waals surface area contributed by atoms with Crippen LogP contribution in [0.5, 0.6) is 0 Å². The Labute approximate surface area is 107 Å². The topological polar surface area (TPSA) is 12.5 Å². The zero-order valence-electron chi connectivity index (χ0n) is 11.9. The zero-order valence-corrected chi connectivity index (χ0v) is 11.9. The van der Waals surface area contributed by atoms with Gasteiger partial charge in [-0.2, -0.15) is 0 Å². The molecule has 0 radical (unpaired) electrons. The van der Waals surface area contributed by atoms with Crippen molar-refractivity contribution in [2.45, 2.75) is 70.9 Å². The Bertz CT molecular complexity index is 235. The van der Waals surface area contributed by atoms with E-state index >= 15 is 0 Å². The first-order valence-electron chi connectivity index (χ1n) is 7.56. The molecule has 17 heavy (non-hydrogen) atoms. The van der Waals surface area contributed by atoms with Crippen LogP contribution in [0, 0.1) is 5.41 Å².